The van der Waals surface area contributed by atoms with Crippen LogP contribution < -0.4 is 4.90 Å². The second-order valence-electron chi connectivity index (χ2n) is 8.17. The Morgan fingerprint density at radius 3 is 2.35 bits per heavy atom. The van der Waals surface area contributed by atoms with Crippen molar-refractivity contribution in [1.29, 1.82) is 0 Å². The predicted octanol–water partition coefficient (Wildman–Crippen LogP) is 3.47. The first-order valence-electron chi connectivity index (χ1n) is 10.7. The minimum Gasteiger partial charge on any atom is -0.457 e. The van der Waals surface area contributed by atoms with E-state index in [4.69, 9.17) is 4.74 Å². The number of hydrogen-bond acceptors (Lipinski definition) is 5. The molecule has 160 valence electrons. The second kappa shape index (κ2) is 8.84. The molecule has 0 bridgehead atoms. The summed E-state index contributed by atoms with van der Waals surface area (Å²) in [4.78, 5) is 50.2. The van der Waals surface area contributed by atoms with Crippen LogP contribution in [0.4, 0.5) is 5.69 Å². The number of rotatable bonds is 7. The van der Waals surface area contributed by atoms with E-state index >= 15 is 0 Å². The van der Waals surface area contributed by atoms with E-state index in [9.17, 15) is 19.2 Å². The van der Waals surface area contributed by atoms with Crippen molar-refractivity contribution in [2.45, 2.75) is 44.9 Å². The molecule has 1 aliphatic heterocycles. The van der Waals surface area contributed by atoms with Gasteiger partial charge in [0.05, 0.1) is 12.8 Å². The van der Waals surface area contributed by atoms with Crippen molar-refractivity contribution in [1.82, 2.24) is 0 Å². The van der Waals surface area contributed by atoms with Crippen LogP contribution in [-0.4, -0.2) is 37.1 Å². The van der Waals surface area contributed by atoms with Gasteiger partial charge in [0.25, 0.3) is 0 Å². The number of Topliss-reactive ketones (excluding diaryl/α,β-unsaturated/α-hetero) is 2. The lowest BCUT2D eigenvalue weighted by atomic mass is 9.89. The highest BCUT2D eigenvalue weighted by Crippen LogP contribution is 2.28. The SMILES string of the molecule is CN1C(=O)Cc2cc(C(=O)COC(=O)CCC(=O)c3ccc4c(c3)CCCC4)ccc21. The number of carbonyl (C=O) groups excluding carboxylic acids is 4. The van der Waals surface area contributed by atoms with Gasteiger partial charge in [-0.1, -0.05) is 12.1 Å². The number of carbonyl (C=O) groups is 4. The van der Waals surface area contributed by atoms with E-state index in [1.165, 1.54) is 17.5 Å². The number of fused-ring (bicyclic) bond motifs is 2. The molecular formula is C25H25NO5. The molecule has 0 saturated carbocycles. The summed E-state index contributed by atoms with van der Waals surface area (Å²) in [6.45, 7) is -0.381. The summed E-state index contributed by atoms with van der Waals surface area (Å²) in [5, 5.41) is 0. The lowest BCUT2D eigenvalue weighted by Crippen LogP contribution is -2.20. The zero-order chi connectivity index (χ0) is 22.0. The monoisotopic (exact) mass is 419 g/mol. The third-order valence-electron chi connectivity index (χ3n) is 6.07. The highest BCUT2D eigenvalue weighted by Gasteiger charge is 2.25. The summed E-state index contributed by atoms with van der Waals surface area (Å²) < 4.78 is 5.08. The highest BCUT2D eigenvalue weighted by molar-refractivity contribution is 6.04. The lowest BCUT2D eigenvalue weighted by Gasteiger charge is -2.16. The molecule has 2 aliphatic rings. The molecule has 0 atom stereocenters. The molecule has 1 heterocycles. The van der Waals surface area contributed by atoms with E-state index in [1.54, 1.807) is 30.1 Å². The van der Waals surface area contributed by atoms with Gasteiger partial charge in [-0.15, -0.1) is 0 Å². The molecule has 6 nitrogen and oxygen atoms in total. The Balaban J connectivity index is 1.27. The van der Waals surface area contributed by atoms with E-state index in [2.05, 4.69) is 0 Å². The maximum Gasteiger partial charge on any atom is 0.306 e. The molecule has 31 heavy (non-hydrogen) atoms. The van der Waals surface area contributed by atoms with Gasteiger partial charge < -0.3 is 9.64 Å². The van der Waals surface area contributed by atoms with Crippen LogP contribution in [0.2, 0.25) is 0 Å². The third-order valence-corrected chi connectivity index (χ3v) is 6.07. The minimum atomic E-state index is -0.573. The van der Waals surface area contributed by atoms with Gasteiger partial charge in [-0.05, 0) is 66.6 Å². The molecule has 6 heteroatoms. The second-order valence-corrected chi connectivity index (χ2v) is 8.17. The van der Waals surface area contributed by atoms with E-state index in [0.29, 0.717) is 11.1 Å². The van der Waals surface area contributed by atoms with Crippen LogP contribution in [0.1, 0.15) is 63.1 Å². The smallest absolute Gasteiger partial charge is 0.306 e. The standard InChI is InChI=1S/C25H25NO5/c1-26-21-9-8-19(13-20(21)14-24(26)29)23(28)15-31-25(30)11-10-22(27)18-7-6-16-4-2-3-5-17(16)12-18/h6-9,12-13H,2-5,10-11,14-15H2,1H3. The number of ether oxygens (including phenoxy) is 1. The third kappa shape index (κ3) is 4.58. The van der Waals surface area contributed by atoms with E-state index < -0.39 is 5.97 Å². The fourth-order valence-electron chi connectivity index (χ4n) is 4.21. The number of benzene rings is 2. The summed E-state index contributed by atoms with van der Waals surface area (Å²) in [5.41, 5.74) is 5.15. The van der Waals surface area contributed by atoms with Crippen LogP contribution in [0.5, 0.6) is 0 Å². The van der Waals surface area contributed by atoms with Gasteiger partial charge in [0.1, 0.15) is 0 Å². The van der Waals surface area contributed by atoms with Crippen molar-refractivity contribution in [3.63, 3.8) is 0 Å². The number of ketones is 2. The Morgan fingerprint density at radius 2 is 1.55 bits per heavy atom. The molecule has 0 fully saturated rings. The largest absolute Gasteiger partial charge is 0.457 e. The Bertz CT molecular complexity index is 1070. The van der Waals surface area contributed by atoms with Gasteiger partial charge in [0.15, 0.2) is 18.2 Å². The van der Waals surface area contributed by atoms with Gasteiger partial charge in [0, 0.05) is 30.3 Å². The lowest BCUT2D eigenvalue weighted by molar-refractivity contribution is -0.142. The van der Waals surface area contributed by atoms with Gasteiger partial charge in [-0.3, -0.25) is 19.2 Å². The Hall–Kier alpha value is -3.28. The van der Waals surface area contributed by atoms with E-state index in [0.717, 1.165) is 30.5 Å². The minimum absolute atomic E-state index is 0.0189. The average Bonchev–Trinajstić information content (AvgIpc) is 3.08. The fourth-order valence-corrected chi connectivity index (χ4v) is 4.21. The number of hydrogen-bond donors (Lipinski definition) is 0. The quantitative estimate of drug-likeness (QED) is 0.507. The summed E-state index contributed by atoms with van der Waals surface area (Å²) in [7, 11) is 1.70. The number of esters is 1. The normalized spacial score (nSPS) is 14.7. The Morgan fingerprint density at radius 1 is 0.871 bits per heavy atom. The molecular weight excluding hydrogens is 394 g/mol. The number of anilines is 1. The average molecular weight is 419 g/mol. The summed E-state index contributed by atoms with van der Waals surface area (Å²) in [5.74, 6) is -1.02. The number of likely N-dealkylation sites (N-methyl/N-ethyl adjacent to an activating group) is 1. The van der Waals surface area contributed by atoms with Crippen LogP contribution in [0.25, 0.3) is 0 Å². The van der Waals surface area contributed by atoms with Crippen LogP contribution >= 0.6 is 0 Å². The van der Waals surface area contributed by atoms with Crippen molar-refractivity contribution in [2.75, 3.05) is 18.6 Å². The summed E-state index contributed by atoms with van der Waals surface area (Å²) in [6, 6.07) is 10.8. The number of amides is 1. The maximum absolute atomic E-state index is 12.4. The van der Waals surface area contributed by atoms with Crippen LogP contribution in [-0.2, 0) is 33.6 Å². The highest BCUT2D eigenvalue weighted by atomic mass is 16.5. The van der Waals surface area contributed by atoms with Crippen molar-refractivity contribution in [2.24, 2.45) is 0 Å². The molecule has 1 aliphatic carbocycles. The number of nitrogens with zero attached hydrogens (tertiary/aromatic N) is 1. The molecule has 0 spiro atoms. The molecule has 0 aromatic heterocycles. The number of aryl methyl sites for hydroxylation is 2. The molecule has 2 aromatic carbocycles. The van der Waals surface area contributed by atoms with Crippen molar-refractivity contribution in [3.8, 4) is 0 Å². The summed E-state index contributed by atoms with van der Waals surface area (Å²) in [6.07, 6.45) is 4.63. The molecule has 2 aromatic rings. The van der Waals surface area contributed by atoms with Crippen LogP contribution in [0.15, 0.2) is 36.4 Å². The Labute approximate surface area is 181 Å². The zero-order valence-corrected chi connectivity index (χ0v) is 17.6. The first-order valence-corrected chi connectivity index (χ1v) is 10.7. The zero-order valence-electron chi connectivity index (χ0n) is 17.6. The molecule has 4 rings (SSSR count). The first kappa shape index (κ1) is 21.0. The van der Waals surface area contributed by atoms with Gasteiger partial charge in [0.2, 0.25) is 5.91 Å². The van der Waals surface area contributed by atoms with Crippen molar-refractivity contribution >= 4 is 29.1 Å². The first-order chi connectivity index (χ1) is 14.9. The molecule has 0 N–H and O–H groups in total. The fraction of sp³-hybridized carbons (Fsp3) is 0.360. The summed E-state index contributed by atoms with van der Waals surface area (Å²) >= 11 is 0. The van der Waals surface area contributed by atoms with E-state index in [-0.39, 0.29) is 43.3 Å². The van der Waals surface area contributed by atoms with E-state index in [1.807, 2.05) is 18.2 Å². The van der Waals surface area contributed by atoms with Crippen LogP contribution in [0, 0.1) is 0 Å². The molecule has 0 radical (unpaired) electrons. The Kier molecular flexibility index (Phi) is 5.98. The van der Waals surface area contributed by atoms with Crippen molar-refractivity contribution < 1.29 is 23.9 Å². The molecule has 1 amide bonds. The van der Waals surface area contributed by atoms with Gasteiger partial charge in [-0.2, -0.15) is 0 Å². The molecule has 0 unspecified atom stereocenters. The van der Waals surface area contributed by atoms with Gasteiger partial charge in [-0.25, -0.2) is 0 Å². The van der Waals surface area contributed by atoms with Crippen LogP contribution in [0.3, 0.4) is 0 Å². The topological polar surface area (TPSA) is 80.8 Å². The molecule has 0 saturated heterocycles. The maximum atomic E-state index is 12.4. The predicted molar refractivity (Wildman–Crippen MR) is 115 cm³/mol. The van der Waals surface area contributed by atoms with Gasteiger partial charge >= 0.3 is 5.97 Å². The van der Waals surface area contributed by atoms with Crippen molar-refractivity contribution in [3.05, 3.63) is 64.2 Å².